The number of hydrogen-bond donors (Lipinski definition) is 1. The van der Waals surface area contributed by atoms with E-state index >= 15 is 0 Å². The third kappa shape index (κ3) is 6.76. The number of esters is 1. The van der Waals surface area contributed by atoms with Gasteiger partial charge in [-0.25, -0.2) is 4.79 Å². The highest BCUT2D eigenvalue weighted by molar-refractivity contribution is 6.30. The first kappa shape index (κ1) is 19.8. The molecule has 0 bridgehead atoms. The van der Waals surface area contributed by atoms with Crippen molar-refractivity contribution in [2.75, 3.05) is 18.5 Å². The molecule has 0 aliphatic heterocycles. The van der Waals surface area contributed by atoms with Crippen LogP contribution in [-0.2, 0) is 9.53 Å². The van der Waals surface area contributed by atoms with Crippen LogP contribution in [0.25, 0.3) is 0 Å². The third-order valence-electron chi connectivity index (χ3n) is 3.55. The number of ether oxygens (including phenoxy) is 2. The van der Waals surface area contributed by atoms with Crippen molar-refractivity contribution >= 4 is 29.2 Å². The molecule has 26 heavy (non-hydrogen) atoms. The second-order valence-corrected chi connectivity index (χ2v) is 6.10. The van der Waals surface area contributed by atoms with Crippen molar-refractivity contribution in [3.63, 3.8) is 0 Å². The lowest BCUT2D eigenvalue weighted by Crippen LogP contribution is -2.15. The molecule has 1 amide bonds. The van der Waals surface area contributed by atoms with E-state index in [1.165, 1.54) is 0 Å². The molecule has 0 saturated heterocycles. The van der Waals surface area contributed by atoms with Gasteiger partial charge in [0.05, 0.1) is 25.2 Å². The lowest BCUT2D eigenvalue weighted by Gasteiger charge is -2.08. The van der Waals surface area contributed by atoms with Gasteiger partial charge in [0.15, 0.2) is 0 Å². The van der Waals surface area contributed by atoms with Crippen LogP contribution in [0.1, 0.15) is 36.5 Å². The summed E-state index contributed by atoms with van der Waals surface area (Å²) in [5.74, 6) is 0.137. The normalized spacial score (nSPS) is 10.2. The average Bonchev–Trinajstić information content (AvgIpc) is 2.64. The molecule has 0 fully saturated rings. The summed E-state index contributed by atoms with van der Waals surface area (Å²) in [7, 11) is 0. The van der Waals surface area contributed by atoms with Gasteiger partial charge in [0, 0.05) is 10.7 Å². The smallest absolute Gasteiger partial charge is 0.338 e. The molecular formula is C20H22ClNO4. The molecule has 0 spiro atoms. The van der Waals surface area contributed by atoms with Gasteiger partial charge in [0.2, 0.25) is 5.91 Å². The van der Waals surface area contributed by atoms with Crippen LogP contribution in [0.4, 0.5) is 5.69 Å². The Kier molecular flexibility index (Phi) is 7.96. The molecule has 0 radical (unpaired) electrons. The number of amides is 1. The minimum atomic E-state index is -0.354. The Hall–Kier alpha value is -2.53. The highest BCUT2D eigenvalue weighted by atomic mass is 35.5. The number of nitrogens with one attached hydrogen (secondary N) is 1. The Balaban J connectivity index is 1.74. The molecule has 0 heterocycles. The molecule has 0 aliphatic carbocycles. The van der Waals surface area contributed by atoms with Gasteiger partial charge in [0.25, 0.3) is 0 Å². The average molecular weight is 376 g/mol. The topological polar surface area (TPSA) is 64.6 Å². The van der Waals surface area contributed by atoms with Gasteiger partial charge in [-0.3, -0.25) is 4.79 Å². The molecular weight excluding hydrogens is 354 g/mol. The van der Waals surface area contributed by atoms with E-state index in [-0.39, 0.29) is 24.9 Å². The predicted molar refractivity (Wildman–Crippen MR) is 102 cm³/mol. The van der Waals surface area contributed by atoms with Crippen molar-refractivity contribution in [1.82, 2.24) is 0 Å². The van der Waals surface area contributed by atoms with Crippen LogP contribution in [0.3, 0.4) is 0 Å². The zero-order valence-corrected chi connectivity index (χ0v) is 15.4. The maximum absolute atomic E-state index is 11.9. The van der Waals surface area contributed by atoms with E-state index in [0.29, 0.717) is 28.6 Å². The summed E-state index contributed by atoms with van der Waals surface area (Å²) < 4.78 is 10.6. The maximum atomic E-state index is 11.9. The minimum absolute atomic E-state index is 0.169. The number of carbonyl (C=O) groups excluding carboxylic acids is 2. The number of halogens is 1. The van der Waals surface area contributed by atoms with Gasteiger partial charge in [-0.15, -0.1) is 0 Å². The van der Waals surface area contributed by atoms with E-state index in [1.54, 1.807) is 48.5 Å². The summed E-state index contributed by atoms with van der Waals surface area (Å²) >= 11 is 5.80. The highest BCUT2D eigenvalue weighted by Gasteiger charge is 2.08. The minimum Gasteiger partial charge on any atom is -0.493 e. The van der Waals surface area contributed by atoms with Gasteiger partial charge in [-0.1, -0.05) is 24.9 Å². The number of benzene rings is 2. The fourth-order valence-electron chi connectivity index (χ4n) is 2.10. The maximum Gasteiger partial charge on any atom is 0.338 e. The van der Waals surface area contributed by atoms with Crippen LogP contribution >= 0.6 is 11.6 Å². The molecule has 0 unspecified atom stereocenters. The molecule has 2 rings (SSSR count). The van der Waals surface area contributed by atoms with Crippen LogP contribution < -0.4 is 10.1 Å². The van der Waals surface area contributed by atoms with E-state index in [4.69, 9.17) is 21.1 Å². The Morgan fingerprint density at radius 3 is 2.35 bits per heavy atom. The Bertz CT molecular complexity index is 714. The zero-order valence-electron chi connectivity index (χ0n) is 14.7. The Labute approximate surface area is 158 Å². The summed E-state index contributed by atoms with van der Waals surface area (Å²) in [4.78, 5) is 23.8. The molecule has 0 saturated carbocycles. The molecule has 1 N–H and O–H groups in total. The quantitative estimate of drug-likeness (QED) is 0.509. The van der Waals surface area contributed by atoms with Gasteiger partial charge < -0.3 is 14.8 Å². The van der Waals surface area contributed by atoms with Crippen LogP contribution in [-0.4, -0.2) is 25.1 Å². The van der Waals surface area contributed by atoms with Crippen molar-refractivity contribution in [2.45, 2.75) is 26.2 Å². The van der Waals surface area contributed by atoms with E-state index in [2.05, 4.69) is 5.32 Å². The van der Waals surface area contributed by atoms with Gasteiger partial charge in [-0.05, 0) is 55.0 Å². The number of hydrogen-bond acceptors (Lipinski definition) is 4. The largest absolute Gasteiger partial charge is 0.493 e. The zero-order chi connectivity index (χ0) is 18.8. The molecule has 5 nitrogen and oxygen atoms in total. The molecule has 0 aliphatic rings. The second-order valence-electron chi connectivity index (χ2n) is 5.67. The molecule has 6 heteroatoms. The Morgan fingerprint density at radius 1 is 1.00 bits per heavy atom. The van der Waals surface area contributed by atoms with Crippen LogP contribution in [0, 0.1) is 0 Å². The van der Waals surface area contributed by atoms with Crippen molar-refractivity contribution in [3.8, 4) is 5.75 Å². The van der Waals surface area contributed by atoms with E-state index in [1.807, 2.05) is 6.92 Å². The summed E-state index contributed by atoms with van der Waals surface area (Å²) in [6, 6.07) is 13.6. The predicted octanol–water partition coefficient (Wildman–Crippen LogP) is 4.70. The fraction of sp³-hybridized carbons (Fsp3) is 0.300. The van der Waals surface area contributed by atoms with Gasteiger partial charge in [0.1, 0.15) is 5.75 Å². The fourth-order valence-corrected chi connectivity index (χ4v) is 2.22. The molecule has 2 aromatic carbocycles. The van der Waals surface area contributed by atoms with Gasteiger partial charge in [-0.2, -0.15) is 0 Å². The lowest BCUT2D eigenvalue weighted by atomic mass is 10.2. The first-order chi connectivity index (χ1) is 12.6. The molecule has 0 atom stereocenters. The standard InChI is InChI=1S/C20H22ClNO4/c1-2-3-13-26-20(24)15-4-8-17(9-5-15)22-19(23)12-14-25-18-10-6-16(21)7-11-18/h4-11H,2-3,12-14H2,1H3,(H,22,23). The van der Waals surface area contributed by atoms with Crippen LogP contribution in [0.2, 0.25) is 5.02 Å². The van der Waals surface area contributed by atoms with Crippen molar-refractivity contribution < 1.29 is 19.1 Å². The van der Waals surface area contributed by atoms with E-state index < -0.39 is 0 Å². The van der Waals surface area contributed by atoms with Crippen LogP contribution in [0.15, 0.2) is 48.5 Å². The Morgan fingerprint density at radius 2 is 1.69 bits per heavy atom. The highest BCUT2D eigenvalue weighted by Crippen LogP contribution is 2.16. The molecule has 0 aromatic heterocycles. The monoisotopic (exact) mass is 375 g/mol. The van der Waals surface area contributed by atoms with Crippen molar-refractivity contribution in [2.24, 2.45) is 0 Å². The number of carbonyl (C=O) groups is 2. The summed E-state index contributed by atoms with van der Waals surface area (Å²) in [6.45, 7) is 2.71. The molecule has 2 aromatic rings. The summed E-state index contributed by atoms with van der Waals surface area (Å²) in [6.07, 6.45) is 2.03. The third-order valence-corrected chi connectivity index (χ3v) is 3.80. The lowest BCUT2D eigenvalue weighted by molar-refractivity contribution is -0.116. The SMILES string of the molecule is CCCCOC(=O)c1ccc(NC(=O)CCOc2ccc(Cl)cc2)cc1. The second kappa shape index (κ2) is 10.5. The number of anilines is 1. The first-order valence-corrected chi connectivity index (χ1v) is 8.91. The first-order valence-electron chi connectivity index (χ1n) is 8.54. The van der Waals surface area contributed by atoms with Crippen molar-refractivity contribution in [3.05, 3.63) is 59.1 Å². The van der Waals surface area contributed by atoms with E-state index in [9.17, 15) is 9.59 Å². The summed E-state index contributed by atoms with van der Waals surface area (Å²) in [5, 5.41) is 3.40. The van der Waals surface area contributed by atoms with Crippen LogP contribution in [0.5, 0.6) is 5.75 Å². The summed E-state index contributed by atoms with van der Waals surface area (Å²) in [5.41, 5.74) is 1.08. The molecule has 138 valence electrons. The van der Waals surface area contributed by atoms with E-state index in [0.717, 1.165) is 12.8 Å². The number of unbranched alkanes of at least 4 members (excludes halogenated alkanes) is 1. The number of rotatable bonds is 9. The van der Waals surface area contributed by atoms with Crippen molar-refractivity contribution in [1.29, 1.82) is 0 Å². The van der Waals surface area contributed by atoms with Gasteiger partial charge >= 0.3 is 5.97 Å².